The monoisotopic (exact) mass is 313 g/mol. The Labute approximate surface area is 143 Å². The summed E-state index contributed by atoms with van der Waals surface area (Å²) < 4.78 is 0. The van der Waals surface area contributed by atoms with Crippen LogP contribution >= 0.6 is 0 Å². The molecule has 0 bridgehead atoms. The SMILES string of the molecule is C/C=C(\NC(=C(C)C)C(CCC)CCCC)c1ccc(C)cc1. The topological polar surface area (TPSA) is 12.0 Å². The van der Waals surface area contributed by atoms with Gasteiger partial charge in [0.25, 0.3) is 0 Å². The average molecular weight is 314 g/mol. The van der Waals surface area contributed by atoms with Crippen molar-refractivity contribution in [1.29, 1.82) is 0 Å². The second kappa shape index (κ2) is 10.3. The van der Waals surface area contributed by atoms with Gasteiger partial charge >= 0.3 is 0 Å². The van der Waals surface area contributed by atoms with Crippen LogP contribution in [0.1, 0.15) is 77.8 Å². The van der Waals surface area contributed by atoms with Gasteiger partial charge in [-0.25, -0.2) is 0 Å². The molecule has 0 spiro atoms. The number of unbranched alkanes of at least 4 members (excludes halogenated alkanes) is 1. The van der Waals surface area contributed by atoms with Gasteiger partial charge in [0.05, 0.1) is 0 Å². The van der Waals surface area contributed by atoms with Crippen molar-refractivity contribution in [2.75, 3.05) is 0 Å². The maximum atomic E-state index is 3.77. The summed E-state index contributed by atoms with van der Waals surface area (Å²) in [5, 5.41) is 3.77. The molecule has 0 aliphatic carbocycles. The lowest BCUT2D eigenvalue weighted by Crippen LogP contribution is -2.21. The fraction of sp³-hybridized carbons (Fsp3) is 0.545. The molecular formula is C22H35N. The molecule has 1 unspecified atom stereocenters. The normalized spacial score (nSPS) is 12.9. The Hall–Kier alpha value is -1.50. The van der Waals surface area contributed by atoms with Crippen LogP contribution in [-0.4, -0.2) is 0 Å². The molecule has 0 aliphatic rings. The van der Waals surface area contributed by atoms with Crippen molar-refractivity contribution >= 4 is 5.70 Å². The summed E-state index contributed by atoms with van der Waals surface area (Å²) in [6.07, 6.45) is 8.55. The standard InChI is InChI=1S/C22H35N/c1-7-10-12-20(11-8-2)22(17(4)5)23-21(9-3)19-15-13-18(6)14-16-19/h9,13-16,20,23H,7-8,10-12H2,1-6H3/b21-9-. The van der Waals surface area contributed by atoms with Crippen LogP contribution < -0.4 is 5.32 Å². The summed E-state index contributed by atoms with van der Waals surface area (Å²) >= 11 is 0. The highest BCUT2D eigenvalue weighted by Crippen LogP contribution is 2.27. The predicted octanol–water partition coefficient (Wildman–Crippen LogP) is 6.85. The molecule has 0 fully saturated rings. The van der Waals surface area contributed by atoms with Gasteiger partial charge in [-0.05, 0) is 52.0 Å². The quantitative estimate of drug-likeness (QED) is 0.526. The van der Waals surface area contributed by atoms with Crippen LogP contribution in [0, 0.1) is 12.8 Å². The summed E-state index contributed by atoms with van der Waals surface area (Å²) in [4.78, 5) is 0. The molecule has 23 heavy (non-hydrogen) atoms. The van der Waals surface area contributed by atoms with Crippen molar-refractivity contribution < 1.29 is 0 Å². The van der Waals surface area contributed by atoms with Gasteiger partial charge in [-0.15, -0.1) is 0 Å². The smallest absolute Gasteiger partial charge is 0.0412 e. The van der Waals surface area contributed by atoms with Gasteiger partial charge < -0.3 is 5.32 Å². The molecule has 1 rings (SSSR count). The molecule has 0 saturated heterocycles. The minimum Gasteiger partial charge on any atom is -0.359 e. The van der Waals surface area contributed by atoms with E-state index in [0.717, 1.165) is 0 Å². The summed E-state index contributed by atoms with van der Waals surface area (Å²) in [5.41, 5.74) is 6.62. The van der Waals surface area contributed by atoms with E-state index in [-0.39, 0.29) is 0 Å². The van der Waals surface area contributed by atoms with E-state index in [9.17, 15) is 0 Å². The summed E-state index contributed by atoms with van der Waals surface area (Å²) in [5.74, 6) is 0.644. The number of benzene rings is 1. The van der Waals surface area contributed by atoms with Crippen molar-refractivity contribution in [3.05, 3.63) is 52.7 Å². The molecule has 1 aromatic rings. The minimum atomic E-state index is 0.644. The molecular weight excluding hydrogens is 278 g/mol. The van der Waals surface area contributed by atoms with Crippen LogP contribution in [0.15, 0.2) is 41.6 Å². The molecule has 1 nitrogen and oxygen atoms in total. The van der Waals surface area contributed by atoms with Gasteiger partial charge in [0.15, 0.2) is 0 Å². The fourth-order valence-corrected chi connectivity index (χ4v) is 3.06. The van der Waals surface area contributed by atoms with Crippen molar-refractivity contribution in [2.45, 2.75) is 73.6 Å². The van der Waals surface area contributed by atoms with Crippen LogP contribution in [0.3, 0.4) is 0 Å². The highest BCUT2D eigenvalue weighted by Gasteiger charge is 2.16. The zero-order valence-electron chi connectivity index (χ0n) is 16.0. The minimum absolute atomic E-state index is 0.644. The third kappa shape index (κ3) is 6.25. The van der Waals surface area contributed by atoms with Crippen LogP contribution in [0.5, 0.6) is 0 Å². The summed E-state index contributed by atoms with van der Waals surface area (Å²) in [7, 11) is 0. The van der Waals surface area contributed by atoms with Crippen molar-refractivity contribution in [1.82, 2.24) is 5.32 Å². The summed E-state index contributed by atoms with van der Waals surface area (Å²) in [6, 6.07) is 8.79. The van der Waals surface area contributed by atoms with E-state index in [1.807, 2.05) is 0 Å². The highest BCUT2D eigenvalue weighted by molar-refractivity contribution is 5.65. The maximum absolute atomic E-state index is 3.77. The molecule has 1 aromatic carbocycles. The Bertz CT molecular complexity index is 515. The Morgan fingerprint density at radius 3 is 2.17 bits per heavy atom. The van der Waals surface area contributed by atoms with E-state index in [0.29, 0.717) is 5.92 Å². The van der Waals surface area contributed by atoms with Crippen molar-refractivity contribution in [3.63, 3.8) is 0 Å². The molecule has 0 amide bonds. The number of aryl methyl sites for hydroxylation is 1. The first-order valence-electron chi connectivity index (χ1n) is 9.21. The molecule has 1 atom stereocenters. The molecule has 0 heterocycles. The largest absolute Gasteiger partial charge is 0.359 e. The summed E-state index contributed by atoms with van der Waals surface area (Å²) in [6.45, 7) is 13.3. The third-order valence-corrected chi connectivity index (χ3v) is 4.41. The lowest BCUT2D eigenvalue weighted by Gasteiger charge is -2.25. The van der Waals surface area contributed by atoms with E-state index in [1.165, 1.54) is 60.2 Å². The first-order chi connectivity index (χ1) is 11.0. The number of rotatable bonds is 9. The van der Waals surface area contributed by atoms with Crippen LogP contribution in [0.2, 0.25) is 0 Å². The number of allylic oxidation sites excluding steroid dienone is 3. The van der Waals surface area contributed by atoms with Gasteiger partial charge in [-0.3, -0.25) is 0 Å². The molecule has 128 valence electrons. The Morgan fingerprint density at radius 2 is 1.70 bits per heavy atom. The lowest BCUT2D eigenvalue weighted by atomic mass is 9.91. The van der Waals surface area contributed by atoms with Gasteiger partial charge in [-0.2, -0.15) is 0 Å². The zero-order chi connectivity index (χ0) is 17.2. The van der Waals surface area contributed by atoms with E-state index < -0.39 is 0 Å². The molecule has 1 N–H and O–H groups in total. The van der Waals surface area contributed by atoms with Gasteiger partial charge in [0.2, 0.25) is 0 Å². The second-order valence-corrected chi connectivity index (χ2v) is 6.73. The van der Waals surface area contributed by atoms with E-state index in [4.69, 9.17) is 0 Å². The molecule has 0 radical (unpaired) electrons. The van der Waals surface area contributed by atoms with Gasteiger partial charge in [0, 0.05) is 11.4 Å². The lowest BCUT2D eigenvalue weighted by molar-refractivity contribution is 0.470. The van der Waals surface area contributed by atoms with Gasteiger partial charge in [0.1, 0.15) is 0 Å². The van der Waals surface area contributed by atoms with Crippen LogP contribution in [-0.2, 0) is 0 Å². The molecule has 0 aromatic heterocycles. The third-order valence-electron chi connectivity index (χ3n) is 4.41. The maximum Gasteiger partial charge on any atom is 0.0412 e. The van der Waals surface area contributed by atoms with E-state index >= 15 is 0 Å². The van der Waals surface area contributed by atoms with Crippen LogP contribution in [0.25, 0.3) is 5.70 Å². The van der Waals surface area contributed by atoms with Crippen molar-refractivity contribution in [3.8, 4) is 0 Å². The first-order valence-corrected chi connectivity index (χ1v) is 9.21. The Balaban J connectivity index is 3.00. The Kier molecular flexibility index (Phi) is 8.76. The Morgan fingerprint density at radius 1 is 1.04 bits per heavy atom. The number of hydrogen-bond donors (Lipinski definition) is 1. The number of hydrogen-bond acceptors (Lipinski definition) is 1. The van der Waals surface area contributed by atoms with Crippen molar-refractivity contribution in [2.24, 2.45) is 5.92 Å². The van der Waals surface area contributed by atoms with E-state index in [1.54, 1.807) is 0 Å². The van der Waals surface area contributed by atoms with Gasteiger partial charge in [-0.1, -0.05) is 74.6 Å². The number of nitrogens with one attached hydrogen (secondary N) is 1. The zero-order valence-corrected chi connectivity index (χ0v) is 16.0. The average Bonchev–Trinajstić information content (AvgIpc) is 2.54. The first kappa shape index (κ1) is 19.5. The molecule has 1 heteroatoms. The molecule has 0 saturated carbocycles. The predicted molar refractivity (Wildman–Crippen MR) is 104 cm³/mol. The second-order valence-electron chi connectivity index (χ2n) is 6.73. The fourth-order valence-electron chi connectivity index (χ4n) is 3.06. The highest BCUT2D eigenvalue weighted by atomic mass is 14.9. The van der Waals surface area contributed by atoms with Crippen LogP contribution in [0.4, 0.5) is 0 Å². The van der Waals surface area contributed by atoms with E-state index in [2.05, 4.69) is 77.2 Å². The molecule has 0 aliphatic heterocycles.